The summed E-state index contributed by atoms with van der Waals surface area (Å²) in [6.45, 7) is 4.63. The number of hydrogen-bond acceptors (Lipinski definition) is 10. The van der Waals surface area contributed by atoms with Crippen molar-refractivity contribution in [2.45, 2.75) is 328 Å². The maximum Gasteiger partial charge on any atom is 0.472 e. The molecule has 0 amide bonds. The average Bonchev–Trinajstić information content (AvgIpc) is 3.41. The number of allylic oxidation sites excluding steroid dienone is 6. The van der Waals surface area contributed by atoms with Crippen LogP contribution in [0, 0.1) is 0 Å². The van der Waals surface area contributed by atoms with Crippen LogP contribution in [-0.2, 0) is 42.2 Å². The van der Waals surface area contributed by atoms with Crippen LogP contribution >= 0.6 is 7.82 Å². The fourth-order valence-electron chi connectivity index (χ4n) is 9.13. The normalized spacial score (nSPS) is 13.5. The third-order valence-corrected chi connectivity index (χ3v) is 15.0. The highest BCUT2D eigenvalue weighted by atomic mass is 31.2. The number of phosphoric ester groups is 1. The molecule has 12 heteroatoms. The van der Waals surface area contributed by atoms with Gasteiger partial charge in [-0.2, -0.15) is 0 Å². The van der Waals surface area contributed by atoms with E-state index < -0.39 is 57.8 Å². The summed E-state index contributed by atoms with van der Waals surface area (Å²) in [4.78, 5) is 48.6. The SMILES string of the molecule is CCCC/C=C\CCCCCCCC(=O)OCC(COP(=O)(O)OCC(CO)OC(=O)CCCCCCCCCCCCCCCCCCCCC)OC(=O)CCCCCCCCCCC/C=C\C/C=C\CCCCC. The second-order valence-electron chi connectivity index (χ2n) is 21.6. The summed E-state index contributed by atoms with van der Waals surface area (Å²) in [6, 6.07) is 0. The summed E-state index contributed by atoms with van der Waals surface area (Å²) in [6.07, 6.45) is 62.4. The minimum Gasteiger partial charge on any atom is -0.462 e. The van der Waals surface area contributed by atoms with Crippen LogP contribution in [0.4, 0.5) is 0 Å². The molecule has 0 aromatic heterocycles. The first-order valence-electron chi connectivity index (χ1n) is 31.9. The molecule has 0 heterocycles. The standard InChI is InChI=1S/C64H119O11P/c1-4-7-10-13-16-19-22-24-26-28-30-32-34-36-39-42-45-48-51-54-63(67)74-60(56-65)58-72-76(69,70)73-59-61(57-71-62(66)53-50-47-44-41-38-21-18-15-12-9-6-3)75-64(68)55-52-49-46-43-40-37-35-33-31-29-27-25-23-20-17-14-11-8-5-2/h15,17-18,20,25,27,60-61,65H,4-14,16,19,21-24,26,28-59H2,1-3H3,(H,69,70)/b18-15-,20-17-,27-25-. The van der Waals surface area contributed by atoms with E-state index in [1.54, 1.807) is 0 Å². The molecule has 0 fully saturated rings. The van der Waals surface area contributed by atoms with Crippen molar-refractivity contribution in [3.63, 3.8) is 0 Å². The number of esters is 3. The van der Waals surface area contributed by atoms with E-state index in [1.165, 1.54) is 167 Å². The number of hydrogen-bond donors (Lipinski definition) is 2. The largest absolute Gasteiger partial charge is 0.472 e. The van der Waals surface area contributed by atoms with Crippen molar-refractivity contribution in [2.24, 2.45) is 0 Å². The number of aliphatic hydroxyl groups excluding tert-OH is 1. The summed E-state index contributed by atoms with van der Waals surface area (Å²) in [5.41, 5.74) is 0. The maximum atomic E-state index is 12.9. The summed E-state index contributed by atoms with van der Waals surface area (Å²) in [5, 5.41) is 9.85. The lowest BCUT2D eigenvalue weighted by molar-refractivity contribution is -0.161. The lowest BCUT2D eigenvalue weighted by Gasteiger charge is -2.21. The lowest BCUT2D eigenvalue weighted by Crippen LogP contribution is -2.30. The van der Waals surface area contributed by atoms with Gasteiger partial charge < -0.3 is 24.2 Å². The summed E-state index contributed by atoms with van der Waals surface area (Å²) in [7, 11) is -4.75. The van der Waals surface area contributed by atoms with Crippen LogP contribution in [0.5, 0.6) is 0 Å². The fourth-order valence-corrected chi connectivity index (χ4v) is 9.92. The molecule has 3 unspecified atom stereocenters. The highest BCUT2D eigenvalue weighted by Gasteiger charge is 2.28. The number of rotatable bonds is 60. The Hall–Kier alpha value is -2.30. The number of aliphatic hydroxyl groups is 1. The Balaban J connectivity index is 4.58. The molecule has 0 saturated carbocycles. The Labute approximate surface area is 467 Å². The molecule has 0 aromatic rings. The van der Waals surface area contributed by atoms with Crippen LogP contribution in [0.3, 0.4) is 0 Å². The van der Waals surface area contributed by atoms with Crippen molar-refractivity contribution in [1.82, 2.24) is 0 Å². The van der Waals surface area contributed by atoms with Crippen LogP contribution in [0.1, 0.15) is 316 Å². The number of phosphoric acid groups is 1. The van der Waals surface area contributed by atoms with E-state index in [9.17, 15) is 28.9 Å². The second kappa shape index (κ2) is 58.8. The summed E-state index contributed by atoms with van der Waals surface area (Å²) >= 11 is 0. The Bertz CT molecular complexity index is 1420. The molecule has 0 saturated heterocycles. The van der Waals surface area contributed by atoms with E-state index in [-0.39, 0.29) is 25.9 Å². The molecule has 0 aliphatic heterocycles. The topological polar surface area (TPSA) is 155 Å². The molecule has 0 radical (unpaired) electrons. The van der Waals surface area contributed by atoms with E-state index in [2.05, 4.69) is 57.2 Å². The Morgan fingerprint density at radius 1 is 0.368 bits per heavy atom. The number of unbranched alkanes of at least 4 members (excludes halogenated alkanes) is 37. The smallest absolute Gasteiger partial charge is 0.462 e. The third-order valence-electron chi connectivity index (χ3n) is 14.0. The van der Waals surface area contributed by atoms with Crippen LogP contribution in [0.25, 0.3) is 0 Å². The van der Waals surface area contributed by atoms with Crippen molar-refractivity contribution in [1.29, 1.82) is 0 Å². The van der Waals surface area contributed by atoms with Gasteiger partial charge in [-0.05, 0) is 70.6 Å². The van der Waals surface area contributed by atoms with Crippen LogP contribution in [0.15, 0.2) is 36.5 Å². The molecule has 0 spiro atoms. The zero-order valence-corrected chi connectivity index (χ0v) is 50.4. The van der Waals surface area contributed by atoms with Gasteiger partial charge in [-0.25, -0.2) is 4.57 Å². The molecule has 2 N–H and O–H groups in total. The maximum absolute atomic E-state index is 12.9. The predicted molar refractivity (Wildman–Crippen MR) is 316 cm³/mol. The molecule has 0 rings (SSSR count). The van der Waals surface area contributed by atoms with Crippen molar-refractivity contribution in [3.05, 3.63) is 36.5 Å². The summed E-state index contributed by atoms with van der Waals surface area (Å²) < 4.78 is 39.6. The second-order valence-corrected chi connectivity index (χ2v) is 23.0. The molecular weight excluding hydrogens is 976 g/mol. The van der Waals surface area contributed by atoms with Crippen molar-refractivity contribution < 1.29 is 52.2 Å². The van der Waals surface area contributed by atoms with Gasteiger partial charge in [0.15, 0.2) is 6.10 Å². The van der Waals surface area contributed by atoms with Crippen LogP contribution in [-0.4, -0.2) is 66.5 Å². The minimum absolute atomic E-state index is 0.164. The molecule has 0 aliphatic rings. The van der Waals surface area contributed by atoms with E-state index in [0.717, 1.165) is 89.9 Å². The molecule has 3 atom stereocenters. The molecule has 0 aromatic carbocycles. The number of ether oxygens (including phenoxy) is 3. The highest BCUT2D eigenvalue weighted by Crippen LogP contribution is 2.43. The Kier molecular flexibility index (Phi) is 57.1. The molecular formula is C64H119O11P. The summed E-state index contributed by atoms with van der Waals surface area (Å²) in [5.74, 6) is -1.46. The quantitative estimate of drug-likeness (QED) is 0.0197. The third kappa shape index (κ3) is 56.4. The van der Waals surface area contributed by atoms with E-state index in [1.807, 2.05) is 0 Å². The first kappa shape index (κ1) is 73.7. The van der Waals surface area contributed by atoms with Crippen molar-refractivity contribution in [3.8, 4) is 0 Å². The van der Waals surface area contributed by atoms with Crippen LogP contribution < -0.4 is 0 Å². The van der Waals surface area contributed by atoms with E-state index in [0.29, 0.717) is 19.3 Å². The van der Waals surface area contributed by atoms with Gasteiger partial charge in [0.2, 0.25) is 0 Å². The van der Waals surface area contributed by atoms with E-state index >= 15 is 0 Å². The number of carbonyl (C=O) groups is 3. The monoisotopic (exact) mass is 1090 g/mol. The van der Waals surface area contributed by atoms with Gasteiger partial charge in [-0.3, -0.25) is 23.4 Å². The van der Waals surface area contributed by atoms with Gasteiger partial charge in [0.1, 0.15) is 12.7 Å². The average molecular weight is 1100 g/mol. The molecule has 446 valence electrons. The van der Waals surface area contributed by atoms with Crippen molar-refractivity contribution >= 4 is 25.7 Å². The van der Waals surface area contributed by atoms with Gasteiger partial charge >= 0.3 is 25.7 Å². The Morgan fingerprint density at radius 2 is 0.658 bits per heavy atom. The van der Waals surface area contributed by atoms with Crippen LogP contribution in [0.2, 0.25) is 0 Å². The van der Waals surface area contributed by atoms with Gasteiger partial charge in [0.25, 0.3) is 0 Å². The zero-order chi connectivity index (χ0) is 55.5. The van der Waals surface area contributed by atoms with Crippen molar-refractivity contribution in [2.75, 3.05) is 26.4 Å². The van der Waals surface area contributed by atoms with Gasteiger partial charge in [-0.1, -0.05) is 263 Å². The molecule has 0 aliphatic carbocycles. The minimum atomic E-state index is -4.75. The first-order valence-corrected chi connectivity index (χ1v) is 33.4. The highest BCUT2D eigenvalue weighted by molar-refractivity contribution is 7.47. The van der Waals surface area contributed by atoms with Gasteiger partial charge in [0.05, 0.1) is 19.8 Å². The predicted octanol–water partition coefficient (Wildman–Crippen LogP) is 19.2. The molecule has 11 nitrogen and oxygen atoms in total. The van der Waals surface area contributed by atoms with E-state index in [4.69, 9.17) is 23.3 Å². The molecule has 76 heavy (non-hydrogen) atoms. The zero-order valence-electron chi connectivity index (χ0n) is 49.5. The Morgan fingerprint density at radius 3 is 1.05 bits per heavy atom. The lowest BCUT2D eigenvalue weighted by atomic mass is 10.0. The fraction of sp³-hybridized carbons (Fsp3) is 0.859. The van der Waals surface area contributed by atoms with Gasteiger partial charge in [0, 0.05) is 19.3 Å². The first-order chi connectivity index (χ1) is 37.2. The van der Waals surface area contributed by atoms with Gasteiger partial charge in [-0.15, -0.1) is 0 Å². The molecule has 0 bridgehead atoms. The number of carbonyl (C=O) groups excluding carboxylic acids is 3.